The van der Waals surface area contributed by atoms with E-state index in [0.29, 0.717) is 17.0 Å². The summed E-state index contributed by atoms with van der Waals surface area (Å²) in [7, 11) is -4.20. The summed E-state index contributed by atoms with van der Waals surface area (Å²) in [5, 5.41) is 3.26. The fourth-order valence-electron chi connectivity index (χ4n) is 3.99. The van der Waals surface area contributed by atoms with Crippen LogP contribution in [0.15, 0.2) is 77.7 Å². The molecule has 7 nitrogen and oxygen atoms in total. The zero-order valence-electron chi connectivity index (χ0n) is 22.4. The van der Waals surface area contributed by atoms with Crippen molar-refractivity contribution in [3.63, 3.8) is 0 Å². The monoisotopic (exact) mass is 573 g/mol. The van der Waals surface area contributed by atoms with Crippen LogP contribution in [0.2, 0.25) is 5.02 Å². The lowest BCUT2D eigenvalue weighted by Gasteiger charge is -2.33. The lowest BCUT2D eigenvalue weighted by Crippen LogP contribution is -2.52. The summed E-state index contributed by atoms with van der Waals surface area (Å²) in [5.74, 6) is -1.62. The first kappa shape index (κ1) is 30.1. The molecule has 3 aromatic rings. The van der Waals surface area contributed by atoms with E-state index in [1.54, 1.807) is 50.2 Å². The molecule has 1 N–H and O–H groups in total. The predicted molar refractivity (Wildman–Crippen MR) is 151 cm³/mol. The van der Waals surface area contributed by atoms with Gasteiger partial charge in [-0.15, -0.1) is 0 Å². The lowest BCUT2D eigenvalue weighted by molar-refractivity contribution is -0.139. The molecule has 0 radical (unpaired) electrons. The van der Waals surface area contributed by atoms with Gasteiger partial charge in [-0.2, -0.15) is 0 Å². The molecule has 39 heavy (non-hydrogen) atoms. The van der Waals surface area contributed by atoms with Crippen LogP contribution in [0.1, 0.15) is 38.3 Å². The smallest absolute Gasteiger partial charge is 0.264 e. The van der Waals surface area contributed by atoms with E-state index in [2.05, 4.69) is 5.32 Å². The number of nitrogens with zero attached hydrogens (tertiary/aromatic N) is 2. The molecule has 0 heterocycles. The maximum atomic E-state index is 14.6. The molecule has 3 aromatic carbocycles. The van der Waals surface area contributed by atoms with E-state index in [1.165, 1.54) is 41.3 Å². The zero-order chi connectivity index (χ0) is 28.7. The third kappa shape index (κ3) is 7.36. The van der Waals surface area contributed by atoms with Crippen molar-refractivity contribution in [1.29, 1.82) is 0 Å². The largest absolute Gasteiger partial charge is 0.352 e. The molecule has 0 aliphatic rings. The minimum Gasteiger partial charge on any atom is -0.352 e. The second kappa shape index (κ2) is 13.1. The second-order valence-electron chi connectivity index (χ2n) is 9.36. The Morgan fingerprint density at radius 1 is 1.00 bits per heavy atom. The van der Waals surface area contributed by atoms with E-state index in [-0.39, 0.29) is 28.7 Å². The van der Waals surface area contributed by atoms with Gasteiger partial charge < -0.3 is 10.2 Å². The van der Waals surface area contributed by atoms with Crippen LogP contribution < -0.4 is 9.62 Å². The summed E-state index contributed by atoms with van der Waals surface area (Å²) in [5.41, 5.74) is 1.01. The average Bonchev–Trinajstić information content (AvgIpc) is 2.91. The fraction of sp³-hybridized carbons (Fsp3) is 0.310. The molecule has 0 fully saturated rings. The van der Waals surface area contributed by atoms with Crippen molar-refractivity contribution in [2.45, 2.75) is 57.6 Å². The van der Waals surface area contributed by atoms with Crippen LogP contribution in [0, 0.1) is 12.7 Å². The standard InChI is InChI=1S/C29H33ClFN3O4S/c1-5-21(3)32-29(36)22(4)33(18-23-11-9-10-14-26(23)31)28(35)19-34(27-16-15-24(30)17-20(27)2)39(37,38)25-12-7-6-8-13-25/h6-17,21-22H,5,18-19H2,1-4H3,(H,32,36)/t21-,22+/m0/s1. The van der Waals surface area contributed by atoms with E-state index in [4.69, 9.17) is 11.6 Å². The number of rotatable bonds is 11. The Morgan fingerprint density at radius 3 is 2.26 bits per heavy atom. The van der Waals surface area contributed by atoms with Gasteiger partial charge in [0.05, 0.1) is 10.6 Å². The molecule has 0 unspecified atom stereocenters. The molecule has 0 bridgehead atoms. The molecule has 208 valence electrons. The molecule has 2 amide bonds. The van der Waals surface area contributed by atoms with Gasteiger partial charge in [-0.1, -0.05) is 54.9 Å². The normalized spacial score (nSPS) is 12.9. The number of aryl methyl sites for hydroxylation is 1. The Bertz CT molecular complexity index is 1420. The second-order valence-corrected chi connectivity index (χ2v) is 11.7. The van der Waals surface area contributed by atoms with Crippen LogP contribution >= 0.6 is 11.6 Å². The van der Waals surface area contributed by atoms with Gasteiger partial charge in [0, 0.05) is 23.2 Å². The highest BCUT2D eigenvalue weighted by Crippen LogP contribution is 2.29. The predicted octanol–water partition coefficient (Wildman–Crippen LogP) is 5.31. The van der Waals surface area contributed by atoms with Crippen molar-refractivity contribution in [3.05, 3.63) is 94.8 Å². The van der Waals surface area contributed by atoms with E-state index in [9.17, 15) is 22.4 Å². The number of nitrogens with one attached hydrogen (secondary N) is 1. The molecule has 0 aliphatic heterocycles. The van der Waals surface area contributed by atoms with E-state index >= 15 is 0 Å². The first-order chi connectivity index (χ1) is 18.4. The summed E-state index contributed by atoms with van der Waals surface area (Å²) in [6.45, 7) is 6.15. The molecular formula is C29H33ClFN3O4S. The molecule has 2 atom stereocenters. The highest BCUT2D eigenvalue weighted by atomic mass is 35.5. The van der Waals surface area contributed by atoms with Crippen LogP contribution in [-0.2, 0) is 26.2 Å². The summed E-state index contributed by atoms with van der Waals surface area (Å²) >= 11 is 6.12. The third-order valence-electron chi connectivity index (χ3n) is 6.50. The SMILES string of the molecule is CC[C@H](C)NC(=O)[C@@H](C)N(Cc1ccccc1F)C(=O)CN(c1ccc(Cl)cc1C)S(=O)(=O)c1ccccc1. The number of carbonyl (C=O) groups excluding carboxylic acids is 2. The highest BCUT2D eigenvalue weighted by Gasteiger charge is 2.33. The van der Waals surface area contributed by atoms with Crippen molar-refractivity contribution in [1.82, 2.24) is 10.2 Å². The quantitative estimate of drug-likeness (QED) is 0.337. The Morgan fingerprint density at radius 2 is 1.64 bits per heavy atom. The molecule has 0 aliphatic carbocycles. The summed E-state index contributed by atoms with van der Waals surface area (Å²) in [4.78, 5) is 28.1. The summed E-state index contributed by atoms with van der Waals surface area (Å²) in [6, 6.07) is 17.3. The number of hydrogen-bond donors (Lipinski definition) is 1. The average molecular weight is 574 g/mol. The zero-order valence-corrected chi connectivity index (χ0v) is 24.0. The molecule has 0 saturated heterocycles. The minimum atomic E-state index is -4.20. The number of carbonyl (C=O) groups is 2. The van der Waals surface area contributed by atoms with Gasteiger partial charge in [-0.3, -0.25) is 13.9 Å². The van der Waals surface area contributed by atoms with Gasteiger partial charge in [0.2, 0.25) is 11.8 Å². The first-order valence-corrected chi connectivity index (χ1v) is 14.4. The molecule has 0 spiro atoms. The molecule has 3 rings (SSSR count). The Labute approximate surface area is 234 Å². The number of halogens is 2. The van der Waals surface area contributed by atoms with Crippen molar-refractivity contribution in [2.24, 2.45) is 0 Å². The molecule has 0 aromatic heterocycles. The number of amides is 2. The van der Waals surface area contributed by atoms with E-state index in [0.717, 1.165) is 4.31 Å². The van der Waals surface area contributed by atoms with Crippen molar-refractivity contribution >= 4 is 39.1 Å². The fourth-order valence-corrected chi connectivity index (χ4v) is 5.72. The number of anilines is 1. The highest BCUT2D eigenvalue weighted by molar-refractivity contribution is 7.92. The minimum absolute atomic E-state index is 0.00429. The van der Waals surface area contributed by atoms with Crippen LogP contribution in [0.3, 0.4) is 0 Å². The molecule has 0 saturated carbocycles. The van der Waals surface area contributed by atoms with Gasteiger partial charge in [0.15, 0.2) is 0 Å². The van der Waals surface area contributed by atoms with Gasteiger partial charge in [-0.25, -0.2) is 12.8 Å². The number of sulfonamides is 1. The van der Waals surface area contributed by atoms with Crippen LogP contribution in [0.25, 0.3) is 0 Å². The van der Waals surface area contributed by atoms with E-state index < -0.39 is 40.2 Å². The van der Waals surface area contributed by atoms with Gasteiger partial charge >= 0.3 is 0 Å². The van der Waals surface area contributed by atoms with Gasteiger partial charge in [0.25, 0.3) is 10.0 Å². The molecular weight excluding hydrogens is 541 g/mol. The summed E-state index contributed by atoms with van der Waals surface area (Å²) in [6.07, 6.45) is 0.679. The number of hydrogen-bond acceptors (Lipinski definition) is 4. The van der Waals surface area contributed by atoms with Gasteiger partial charge in [0.1, 0.15) is 18.4 Å². The maximum absolute atomic E-state index is 14.6. The molecule has 10 heteroatoms. The topological polar surface area (TPSA) is 86.8 Å². The third-order valence-corrected chi connectivity index (χ3v) is 8.51. The van der Waals surface area contributed by atoms with Gasteiger partial charge in [-0.05, 0) is 69.2 Å². The Hall–Kier alpha value is -3.43. The lowest BCUT2D eigenvalue weighted by atomic mass is 10.1. The van der Waals surface area contributed by atoms with Crippen molar-refractivity contribution in [3.8, 4) is 0 Å². The summed E-state index contributed by atoms with van der Waals surface area (Å²) < 4.78 is 43.2. The van der Waals surface area contributed by atoms with E-state index in [1.807, 2.05) is 13.8 Å². The number of benzene rings is 3. The maximum Gasteiger partial charge on any atom is 0.264 e. The van der Waals surface area contributed by atoms with Crippen LogP contribution in [0.5, 0.6) is 0 Å². The Kier molecular flexibility index (Phi) is 10.1. The van der Waals surface area contributed by atoms with Crippen LogP contribution in [0.4, 0.5) is 10.1 Å². The van der Waals surface area contributed by atoms with Crippen molar-refractivity contribution < 1.29 is 22.4 Å². The van der Waals surface area contributed by atoms with Crippen LogP contribution in [-0.4, -0.2) is 43.8 Å². The first-order valence-electron chi connectivity index (χ1n) is 12.6. The van der Waals surface area contributed by atoms with Crippen molar-refractivity contribution in [2.75, 3.05) is 10.8 Å². The Balaban J connectivity index is 2.06.